The van der Waals surface area contributed by atoms with E-state index in [4.69, 9.17) is 0 Å². The molecule has 1 aliphatic rings. The van der Waals surface area contributed by atoms with Crippen LogP contribution in [0, 0.1) is 0 Å². The molecule has 0 unspecified atom stereocenters. The van der Waals surface area contributed by atoms with Crippen molar-refractivity contribution in [1.29, 1.82) is 0 Å². The minimum Gasteiger partial charge on any atom is -0.313 e. The molecule has 0 spiro atoms. The highest BCUT2D eigenvalue weighted by molar-refractivity contribution is 7.89. The maximum Gasteiger partial charge on any atom is 0.401 e. The van der Waals surface area contributed by atoms with Gasteiger partial charge in [-0.15, -0.1) is 0 Å². The molecular formula is C11H22F3N3O2S. The highest BCUT2D eigenvalue weighted by Gasteiger charge is 2.34. The number of hydrogen-bond donors (Lipinski definition) is 1. The number of nitrogens with zero attached hydrogens (tertiary/aromatic N) is 2. The third-order valence-electron chi connectivity index (χ3n) is 3.04. The molecule has 0 aromatic carbocycles. The van der Waals surface area contributed by atoms with E-state index in [1.165, 1.54) is 9.21 Å². The summed E-state index contributed by atoms with van der Waals surface area (Å²) in [6.45, 7) is 3.70. The summed E-state index contributed by atoms with van der Waals surface area (Å²) in [7, 11) is -3.38. The Kier molecular flexibility index (Phi) is 6.24. The van der Waals surface area contributed by atoms with E-state index >= 15 is 0 Å². The minimum atomic E-state index is -4.23. The van der Waals surface area contributed by atoms with E-state index in [0.29, 0.717) is 6.54 Å². The number of nitrogens with one attached hydrogen (secondary N) is 1. The number of piperazine rings is 1. The maximum absolute atomic E-state index is 12.2. The van der Waals surface area contributed by atoms with Crippen LogP contribution in [0.5, 0.6) is 0 Å². The second-order valence-electron chi connectivity index (χ2n) is 5.22. The van der Waals surface area contributed by atoms with Crippen molar-refractivity contribution in [2.75, 3.05) is 45.0 Å². The lowest BCUT2D eigenvalue weighted by Crippen LogP contribution is -2.51. The molecule has 1 rings (SSSR count). The largest absolute Gasteiger partial charge is 0.401 e. The molecule has 0 bridgehead atoms. The van der Waals surface area contributed by atoms with Crippen molar-refractivity contribution in [3.63, 3.8) is 0 Å². The van der Waals surface area contributed by atoms with Gasteiger partial charge in [-0.3, -0.25) is 4.90 Å². The van der Waals surface area contributed by atoms with Gasteiger partial charge >= 0.3 is 6.18 Å². The molecule has 5 nitrogen and oxygen atoms in total. The van der Waals surface area contributed by atoms with Gasteiger partial charge in [0.05, 0.1) is 12.3 Å². The van der Waals surface area contributed by atoms with Crippen LogP contribution in [0.4, 0.5) is 13.2 Å². The predicted molar refractivity (Wildman–Crippen MR) is 71.0 cm³/mol. The van der Waals surface area contributed by atoms with E-state index in [-0.39, 0.29) is 38.0 Å². The first-order valence-corrected chi connectivity index (χ1v) is 8.21. The van der Waals surface area contributed by atoms with Gasteiger partial charge in [0, 0.05) is 38.8 Å². The predicted octanol–water partition coefficient (Wildman–Crippen LogP) is 0.494. The third-order valence-corrected chi connectivity index (χ3v) is 4.91. The Morgan fingerprint density at radius 3 is 2.15 bits per heavy atom. The first kappa shape index (κ1) is 17.7. The van der Waals surface area contributed by atoms with Crippen LogP contribution in [0.2, 0.25) is 0 Å². The molecule has 1 N–H and O–H groups in total. The van der Waals surface area contributed by atoms with Gasteiger partial charge in [-0.1, -0.05) is 13.8 Å². The van der Waals surface area contributed by atoms with Crippen molar-refractivity contribution in [3.05, 3.63) is 0 Å². The van der Waals surface area contributed by atoms with Crippen LogP contribution in [0.15, 0.2) is 0 Å². The first-order valence-electron chi connectivity index (χ1n) is 6.60. The smallest absolute Gasteiger partial charge is 0.313 e. The van der Waals surface area contributed by atoms with Crippen LogP contribution in [-0.2, 0) is 10.0 Å². The van der Waals surface area contributed by atoms with Crippen LogP contribution >= 0.6 is 0 Å². The minimum absolute atomic E-state index is 0.0234. The standard InChI is InChI=1S/C11H22F3N3O2S/c1-10(2)15-3-8-20(18,19)17-6-4-16(5-7-17)9-11(12,13)14/h10,15H,3-9H2,1-2H3. The van der Waals surface area contributed by atoms with Crippen molar-refractivity contribution in [2.24, 2.45) is 0 Å². The van der Waals surface area contributed by atoms with Gasteiger partial charge in [0.15, 0.2) is 0 Å². The van der Waals surface area contributed by atoms with Gasteiger partial charge in [0.25, 0.3) is 0 Å². The SMILES string of the molecule is CC(C)NCCS(=O)(=O)N1CCN(CC(F)(F)F)CC1. The van der Waals surface area contributed by atoms with Crippen LogP contribution in [-0.4, -0.2) is 74.9 Å². The van der Waals surface area contributed by atoms with Crippen molar-refractivity contribution in [3.8, 4) is 0 Å². The van der Waals surface area contributed by atoms with Crippen LogP contribution < -0.4 is 5.32 Å². The molecule has 1 aliphatic heterocycles. The number of alkyl halides is 3. The summed E-state index contributed by atoms with van der Waals surface area (Å²) in [5.74, 6) is -0.0234. The molecule has 0 amide bonds. The summed E-state index contributed by atoms with van der Waals surface area (Å²) in [4.78, 5) is 1.23. The quantitative estimate of drug-likeness (QED) is 0.775. The van der Waals surface area contributed by atoms with Crippen LogP contribution in [0.3, 0.4) is 0 Å². The van der Waals surface area contributed by atoms with Crippen LogP contribution in [0.1, 0.15) is 13.8 Å². The Morgan fingerprint density at radius 2 is 1.70 bits per heavy atom. The summed E-state index contributed by atoms with van der Waals surface area (Å²) < 4.78 is 62.0. The Bertz CT molecular complexity index is 390. The average molecular weight is 317 g/mol. The van der Waals surface area contributed by atoms with Gasteiger partial charge in [-0.25, -0.2) is 8.42 Å². The van der Waals surface area contributed by atoms with E-state index in [2.05, 4.69) is 5.32 Å². The van der Waals surface area contributed by atoms with Gasteiger partial charge in [0.1, 0.15) is 0 Å². The molecule has 1 heterocycles. The van der Waals surface area contributed by atoms with E-state index in [1.54, 1.807) is 0 Å². The van der Waals surface area contributed by atoms with Crippen molar-refractivity contribution in [2.45, 2.75) is 26.1 Å². The van der Waals surface area contributed by atoms with Gasteiger partial charge in [-0.2, -0.15) is 17.5 Å². The topological polar surface area (TPSA) is 52.7 Å². The second kappa shape index (κ2) is 7.06. The lowest BCUT2D eigenvalue weighted by Gasteiger charge is -2.34. The molecule has 0 aromatic heterocycles. The highest BCUT2D eigenvalue weighted by atomic mass is 32.2. The van der Waals surface area contributed by atoms with E-state index < -0.39 is 22.7 Å². The zero-order valence-corrected chi connectivity index (χ0v) is 12.6. The maximum atomic E-state index is 12.2. The summed E-state index contributed by atoms with van der Waals surface area (Å²) in [6, 6.07) is 0.203. The molecule has 0 radical (unpaired) electrons. The summed E-state index contributed by atoms with van der Waals surface area (Å²) >= 11 is 0. The molecule has 0 saturated carbocycles. The lowest BCUT2D eigenvalue weighted by molar-refractivity contribution is -0.148. The van der Waals surface area contributed by atoms with E-state index in [9.17, 15) is 21.6 Å². The molecule has 120 valence electrons. The fourth-order valence-corrected chi connectivity index (χ4v) is 3.38. The zero-order chi connectivity index (χ0) is 15.4. The second-order valence-corrected chi connectivity index (χ2v) is 7.30. The monoisotopic (exact) mass is 317 g/mol. The molecule has 20 heavy (non-hydrogen) atoms. The highest BCUT2D eigenvalue weighted by Crippen LogP contribution is 2.18. The average Bonchev–Trinajstić information content (AvgIpc) is 2.26. The fourth-order valence-electron chi connectivity index (χ4n) is 2.03. The summed E-state index contributed by atoms with van der Waals surface area (Å²) in [5, 5.41) is 3.02. The lowest BCUT2D eigenvalue weighted by atomic mass is 10.3. The summed E-state index contributed by atoms with van der Waals surface area (Å²) in [5.41, 5.74) is 0. The summed E-state index contributed by atoms with van der Waals surface area (Å²) in [6.07, 6.45) is -4.23. The van der Waals surface area contributed by atoms with Crippen molar-refractivity contribution in [1.82, 2.24) is 14.5 Å². The van der Waals surface area contributed by atoms with Gasteiger partial charge in [-0.05, 0) is 0 Å². The van der Waals surface area contributed by atoms with Gasteiger partial charge < -0.3 is 5.32 Å². The Balaban J connectivity index is 2.40. The zero-order valence-electron chi connectivity index (χ0n) is 11.8. The fraction of sp³-hybridized carbons (Fsp3) is 1.00. The van der Waals surface area contributed by atoms with Crippen LogP contribution in [0.25, 0.3) is 0 Å². The number of rotatable bonds is 6. The molecule has 9 heteroatoms. The molecule has 0 aromatic rings. The third kappa shape index (κ3) is 6.38. The van der Waals surface area contributed by atoms with Crippen molar-refractivity contribution < 1.29 is 21.6 Å². The van der Waals surface area contributed by atoms with E-state index in [1.807, 2.05) is 13.8 Å². The molecule has 1 saturated heterocycles. The number of sulfonamides is 1. The molecule has 0 atom stereocenters. The Hall–Kier alpha value is -0.380. The van der Waals surface area contributed by atoms with E-state index in [0.717, 1.165) is 0 Å². The Labute approximate surface area is 118 Å². The normalized spacial score (nSPS) is 19.7. The number of hydrogen-bond acceptors (Lipinski definition) is 4. The molecule has 0 aliphatic carbocycles. The van der Waals surface area contributed by atoms with Crippen molar-refractivity contribution >= 4 is 10.0 Å². The number of halogens is 3. The first-order chi connectivity index (χ1) is 9.10. The van der Waals surface area contributed by atoms with Gasteiger partial charge in [0.2, 0.25) is 10.0 Å². The molecule has 1 fully saturated rings. The Morgan fingerprint density at radius 1 is 1.15 bits per heavy atom. The molecular weight excluding hydrogens is 295 g/mol.